The molecule has 2 heterocycles. The van der Waals surface area contributed by atoms with Gasteiger partial charge in [0.1, 0.15) is 0 Å². The molecule has 0 spiro atoms. The van der Waals surface area contributed by atoms with Crippen LogP contribution in [-0.4, -0.2) is 31.4 Å². The molecule has 0 bridgehead atoms. The van der Waals surface area contributed by atoms with Gasteiger partial charge >= 0.3 is 6.18 Å². The number of nitrogens with zero attached hydrogens (tertiary/aromatic N) is 4. The van der Waals surface area contributed by atoms with Gasteiger partial charge in [-0.25, -0.2) is 14.6 Å². The number of ketones is 1. The van der Waals surface area contributed by atoms with Crippen molar-refractivity contribution in [2.24, 2.45) is 0 Å². The number of carbonyl (C=O) groups is 2. The van der Waals surface area contributed by atoms with Crippen LogP contribution in [0.5, 0.6) is 0 Å². The summed E-state index contributed by atoms with van der Waals surface area (Å²) in [6, 6.07) is 6.08. The van der Waals surface area contributed by atoms with Gasteiger partial charge in [-0.3, -0.25) is 14.9 Å². The number of alkyl halides is 3. The molecule has 1 amide bonds. The van der Waals surface area contributed by atoms with Gasteiger partial charge in [0.25, 0.3) is 11.7 Å². The summed E-state index contributed by atoms with van der Waals surface area (Å²) < 4.78 is 40.1. The van der Waals surface area contributed by atoms with E-state index in [9.17, 15) is 22.8 Å². The van der Waals surface area contributed by atoms with E-state index in [0.717, 1.165) is 12.1 Å². The quantitative estimate of drug-likeness (QED) is 0.547. The Labute approximate surface area is 157 Å². The number of rotatable bonds is 4. The van der Waals surface area contributed by atoms with Crippen LogP contribution in [0, 0.1) is 13.8 Å². The van der Waals surface area contributed by atoms with Gasteiger partial charge in [0.2, 0.25) is 5.95 Å². The third-order valence-corrected chi connectivity index (χ3v) is 3.93. The maximum atomic E-state index is 13.0. The number of hydrogen-bond donors (Lipinski definition) is 1. The molecular weight excluding hydrogens is 375 g/mol. The number of hydrogen-bond acceptors (Lipinski definition) is 5. The molecule has 3 aromatic rings. The number of carbonyl (C=O) groups excluding carboxylic acids is 2. The highest BCUT2D eigenvalue weighted by Gasteiger charge is 2.31. The number of halogens is 3. The van der Waals surface area contributed by atoms with Crippen LogP contribution >= 0.6 is 0 Å². The van der Waals surface area contributed by atoms with Gasteiger partial charge < -0.3 is 0 Å². The van der Waals surface area contributed by atoms with E-state index in [1.807, 2.05) is 0 Å². The van der Waals surface area contributed by atoms with E-state index in [1.165, 1.54) is 43.1 Å². The fourth-order valence-electron chi connectivity index (χ4n) is 2.67. The number of benzene rings is 1. The maximum absolute atomic E-state index is 13.0. The van der Waals surface area contributed by atoms with E-state index < -0.39 is 23.4 Å². The Hall–Kier alpha value is -3.56. The molecule has 0 radical (unpaired) electrons. The van der Waals surface area contributed by atoms with E-state index in [0.29, 0.717) is 0 Å². The Balaban J connectivity index is 1.94. The van der Waals surface area contributed by atoms with Crippen molar-refractivity contribution in [2.75, 3.05) is 5.32 Å². The van der Waals surface area contributed by atoms with Gasteiger partial charge in [-0.05, 0) is 38.1 Å². The first-order valence-corrected chi connectivity index (χ1v) is 8.05. The zero-order valence-electron chi connectivity index (χ0n) is 14.8. The second-order valence-corrected chi connectivity index (χ2v) is 5.86. The molecule has 0 aliphatic heterocycles. The van der Waals surface area contributed by atoms with E-state index in [-0.39, 0.29) is 28.6 Å². The highest BCUT2D eigenvalue weighted by Crippen LogP contribution is 2.31. The summed E-state index contributed by atoms with van der Waals surface area (Å²) in [5, 5.41) is 6.41. The third kappa shape index (κ3) is 3.75. The number of aromatic nitrogens is 4. The number of Topliss-reactive ketones (excluding diaryl/α,β-unsaturated/α-hetero) is 1. The lowest BCUT2D eigenvalue weighted by atomic mass is 10.1. The van der Waals surface area contributed by atoms with Crippen molar-refractivity contribution in [3.05, 3.63) is 65.2 Å². The minimum absolute atomic E-state index is 0.00541. The molecule has 1 N–H and O–H groups in total. The predicted molar refractivity (Wildman–Crippen MR) is 93.0 cm³/mol. The zero-order chi connectivity index (χ0) is 20.5. The van der Waals surface area contributed by atoms with Crippen LogP contribution in [0.25, 0.3) is 5.69 Å². The summed E-state index contributed by atoms with van der Waals surface area (Å²) in [6.07, 6.45) is -1.72. The Morgan fingerprint density at radius 2 is 1.75 bits per heavy atom. The molecule has 3 rings (SSSR count). The summed E-state index contributed by atoms with van der Waals surface area (Å²) in [4.78, 5) is 32.4. The van der Waals surface area contributed by atoms with Gasteiger partial charge in [0.05, 0.1) is 28.2 Å². The molecule has 7 nitrogen and oxygen atoms in total. The van der Waals surface area contributed by atoms with Crippen LogP contribution in [0.1, 0.15) is 27.3 Å². The van der Waals surface area contributed by atoms with E-state index in [4.69, 9.17) is 0 Å². The van der Waals surface area contributed by atoms with Crippen molar-refractivity contribution in [1.29, 1.82) is 0 Å². The minimum Gasteiger partial charge on any atom is -0.288 e. The fourth-order valence-corrected chi connectivity index (χ4v) is 2.67. The molecule has 0 aliphatic rings. The van der Waals surface area contributed by atoms with Crippen LogP contribution in [0.4, 0.5) is 19.1 Å². The second kappa shape index (κ2) is 7.22. The summed E-state index contributed by atoms with van der Waals surface area (Å²) in [5.74, 6) is -1.90. The van der Waals surface area contributed by atoms with Gasteiger partial charge in [-0.15, -0.1) is 0 Å². The van der Waals surface area contributed by atoms with E-state index >= 15 is 0 Å². The number of aryl methyl sites for hydroxylation is 1. The predicted octanol–water partition coefficient (Wildman–Crippen LogP) is 3.12. The van der Waals surface area contributed by atoms with Crippen molar-refractivity contribution < 1.29 is 22.8 Å². The SMILES string of the molecule is Cc1nn(-c2cccc(C(F)(F)F)c2)c(C)c1C(=O)C(=O)Nc1ncccn1. The number of anilines is 1. The van der Waals surface area contributed by atoms with Crippen LogP contribution in [0.2, 0.25) is 0 Å². The van der Waals surface area contributed by atoms with Gasteiger partial charge in [0, 0.05) is 12.4 Å². The lowest BCUT2D eigenvalue weighted by Gasteiger charge is -2.10. The van der Waals surface area contributed by atoms with Gasteiger partial charge in [-0.1, -0.05) is 6.07 Å². The molecule has 0 fully saturated rings. The second-order valence-electron chi connectivity index (χ2n) is 5.86. The molecule has 10 heteroatoms. The Morgan fingerprint density at radius 1 is 1.07 bits per heavy atom. The highest BCUT2D eigenvalue weighted by atomic mass is 19.4. The Kier molecular flexibility index (Phi) is 4.95. The van der Waals surface area contributed by atoms with Crippen molar-refractivity contribution >= 4 is 17.6 Å². The fraction of sp³-hybridized carbons (Fsp3) is 0.167. The molecule has 1 aromatic carbocycles. The van der Waals surface area contributed by atoms with Crippen LogP contribution in [0.15, 0.2) is 42.7 Å². The summed E-state index contributed by atoms with van der Waals surface area (Å²) in [6.45, 7) is 3.00. The molecule has 0 saturated carbocycles. The highest BCUT2D eigenvalue weighted by molar-refractivity contribution is 6.46. The zero-order valence-corrected chi connectivity index (χ0v) is 14.8. The van der Waals surface area contributed by atoms with Crippen LogP contribution in [0.3, 0.4) is 0 Å². The molecule has 2 aromatic heterocycles. The largest absolute Gasteiger partial charge is 0.416 e. The summed E-state index contributed by atoms with van der Waals surface area (Å²) in [5.41, 5.74) is -0.258. The van der Waals surface area contributed by atoms with Crippen LogP contribution < -0.4 is 5.32 Å². The molecule has 0 unspecified atom stereocenters. The van der Waals surface area contributed by atoms with Crippen molar-refractivity contribution in [3.63, 3.8) is 0 Å². The number of nitrogens with one attached hydrogen (secondary N) is 1. The smallest absolute Gasteiger partial charge is 0.288 e. The van der Waals surface area contributed by atoms with Crippen molar-refractivity contribution in [2.45, 2.75) is 20.0 Å². The van der Waals surface area contributed by atoms with Gasteiger partial charge in [0.15, 0.2) is 0 Å². The first-order chi connectivity index (χ1) is 13.2. The first-order valence-electron chi connectivity index (χ1n) is 8.05. The lowest BCUT2D eigenvalue weighted by Crippen LogP contribution is -2.25. The average molecular weight is 389 g/mol. The van der Waals surface area contributed by atoms with Crippen molar-refractivity contribution in [1.82, 2.24) is 19.7 Å². The molecule has 0 saturated heterocycles. The molecule has 0 atom stereocenters. The first kappa shape index (κ1) is 19.2. The Morgan fingerprint density at radius 3 is 2.39 bits per heavy atom. The normalized spacial score (nSPS) is 11.3. The minimum atomic E-state index is -4.51. The van der Waals surface area contributed by atoms with Crippen molar-refractivity contribution in [3.8, 4) is 5.69 Å². The maximum Gasteiger partial charge on any atom is 0.416 e. The summed E-state index contributed by atoms with van der Waals surface area (Å²) >= 11 is 0. The van der Waals surface area contributed by atoms with E-state index in [1.54, 1.807) is 6.07 Å². The topological polar surface area (TPSA) is 89.8 Å². The monoisotopic (exact) mass is 389 g/mol. The Bertz CT molecular complexity index is 1050. The third-order valence-electron chi connectivity index (χ3n) is 3.93. The average Bonchev–Trinajstić information content (AvgIpc) is 2.95. The standard InChI is InChI=1S/C18H14F3N5O2/c1-10-14(15(27)16(28)24-17-22-7-4-8-23-17)11(2)26(25-10)13-6-3-5-12(9-13)18(19,20)21/h3-9H,1-2H3,(H,22,23,24,28). The molecular formula is C18H14F3N5O2. The molecule has 0 aliphatic carbocycles. The summed E-state index contributed by atoms with van der Waals surface area (Å²) in [7, 11) is 0. The molecule has 28 heavy (non-hydrogen) atoms. The van der Waals surface area contributed by atoms with E-state index in [2.05, 4.69) is 20.4 Å². The number of amides is 1. The van der Waals surface area contributed by atoms with Gasteiger partial charge in [-0.2, -0.15) is 18.3 Å². The molecule has 144 valence electrons. The lowest BCUT2D eigenvalue weighted by molar-refractivity contribution is -0.137. The van der Waals surface area contributed by atoms with Crippen LogP contribution in [-0.2, 0) is 11.0 Å².